The molecule has 0 bridgehead atoms. The van der Waals surface area contributed by atoms with Crippen molar-refractivity contribution in [2.24, 2.45) is 0 Å². The van der Waals surface area contributed by atoms with E-state index >= 15 is 0 Å². The highest BCUT2D eigenvalue weighted by Crippen LogP contribution is 2.33. The normalized spacial score (nSPS) is 15.5. The van der Waals surface area contributed by atoms with Crippen molar-refractivity contribution in [1.82, 2.24) is 10.2 Å². The van der Waals surface area contributed by atoms with Crippen LogP contribution in [0.2, 0.25) is 0 Å². The molecular weight excluding hydrogens is 414 g/mol. The van der Waals surface area contributed by atoms with Crippen LogP contribution in [0.15, 0.2) is 48.5 Å². The Balaban J connectivity index is 0.00000196. The highest BCUT2D eigenvalue weighted by molar-refractivity contribution is 5.85. The second-order valence-corrected chi connectivity index (χ2v) is 6.00. The smallest absolute Gasteiger partial charge is 0.406 e. The SMILES string of the molecule is Cl.Cl.N#Cc1ccccc1[C@H](c1ccc(OC(F)(F)F)cc1)N1CCNCC1. The predicted molar refractivity (Wildman–Crippen MR) is 105 cm³/mol. The molecule has 3 rings (SSSR count). The van der Waals surface area contributed by atoms with Crippen LogP contribution in [0, 0.1) is 11.3 Å². The van der Waals surface area contributed by atoms with Crippen LogP contribution in [0.1, 0.15) is 22.7 Å². The summed E-state index contributed by atoms with van der Waals surface area (Å²) in [6.45, 7) is 3.21. The largest absolute Gasteiger partial charge is 0.573 e. The highest BCUT2D eigenvalue weighted by Gasteiger charge is 2.31. The lowest BCUT2D eigenvalue weighted by Gasteiger charge is -2.36. The molecule has 9 heteroatoms. The summed E-state index contributed by atoms with van der Waals surface area (Å²) in [5.74, 6) is -0.256. The summed E-state index contributed by atoms with van der Waals surface area (Å²) in [5, 5.41) is 12.7. The van der Waals surface area contributed by atoms with Crippen LogP contribution >= 0.6 is 24.8 Å². The Hall–Kier alpha value is -1.98. The number of nitriles is 1. The average molecular weight is 434 g/mol. The molecule has 1 aliphatic heterocycles. The van der Waals surface area contributed by atoms with Crippen LogP contribution in [0.4, 0.5) is 13.2 Å². The van der Waals surface area contributed by atoms with Crippen molar-refractivity contribution in [2.75, 3.05) is 26.2 Å². The summed E-state index contributed by atoms with van der Waals surface area (Å²) in [6, 6.07) is 15.2. The quantitative estimate of drug-likeness (QED) is 0.780. The number of ether oxygens (including phenoxy) is 1. The molecule has 0 aliphatic carbocycles. The van der Waals surface area contributed by atoms with E-state index in [1.165, 1.54) is 12.1 Å². The van der Waals surface area contributed by atoms with E-state index in [2.05, 4.69) is 21.0 Å². The van der Waals surface area contributed by atoms with E-state index in [0.29, 0.717) is 5.56 Å². The molecule has 1 saturated heterocycles. The van der Waals surface area contributed by atoms with Crippen LogP contribution in [-0.2, 0) is 0 Å². The number of nitrogens with zero attached hydrogens (tertiary/aromatic N) is 2. The Morgan fingerprint density at radius 3 is 2.18 bits per heavy atom. The van der Waals surface area contributed by atoms with E-state index in [1.807, 2.05) is 12.1 Å². The van der Waals surface area contributed by atoms with Crippen molar-refractivity contribution in [3.63, 3.8) is 0 Å². The van der Waals surface area contributed by atoms with E-state index in [0.717, 1.165) is 37.3 Å². The first-order valence-corrected chi connectivity index (χ1v) is 8.27. The molecule has 0 aromatic heterocycles. The first-order chi connectivity index (χ1) is 12.5. The molecule has 1 N–H and O–H groups in total. The lowest BCUT2D eigenvalue weighted by atomic mass is 9.93. The molecule has 0 unspecified atom stereocenters. The molecule has 1 heterocycles. The maximum Gasteiger partial charge on any atom is 0.573 e. The minimum Gasteiger partial charge on any atom is -0.406 e. The number of nitrogens with one attached hydrogen (secondary N) is 1. The molecule has 28 heavy (non-hydrogen) atoms. The second-order valence-electron chi connectivity index (χ2n) is 6.00. The third-order valence-corrected chi connectivity index (χ3v) is 4.32. The van der Waals surface area contributed by atoms with Gasteiger partial charge in [-0.05, 0) is 29.3 Å². The number of hydrogen-bond donors (Lipinski definition) is 1. The van der Waals surface area contributed by atoms with Gasteiger partial charge in [0.2, 0.25) is 0 Å². The molecule has 0 amide bonds. The fourth-order valence-corrected chi connectivity index (χ4v) is 3.22. The lowest BCUT2D eigenvalue weighted by Crippen LogP contribution is -2.45. The minimum atomic E-state index is -4.72. The van der Waals surface area contributed by atoms with E-state index in [1.54, 1.807) is 24.3 Å². The molecule has 1 aliphatic rings. The van der Waals surface area contributed by atoms with Gasteiger partial charge in [-0.15, -0.1) is 38.0 Å². The molecule has 1 fully saturated rings. The van der Waals surface area contributed by atoms with Gasteiger partial charge in [0.15, 0.2) is 0 Å². The number of benzene rings is 2. The number of piperazine rings is 1. The van der Waals surface area contributed by atoms with Gasteiger partial charge in [0.1, 0.15) is 5.75 Å². The van der Waals surface area contributed by atoms with Gasteiger partial charge in [-0.3, -0.25) is 4.90 Å². The molecule has 0 spiro atoms. The minimum absolute atomic E-state index is 0. The van der Waals surface area contributed by atoms with Gasteiger partial charge in [0, 0.05) is 26.2 Å². The van der Waals surface area contributed by atoms with Gasteiger partial charge in [0.05, 0.1) is 17.7 Å². The summed E-state index contributed by atoms with van der Waals surface area (Å²) in [4.78, 5) is 2.23. The van der Waals surface area contributed by atoms with Crippen LogP contribution in [0.3, 0.4) is 0 Å². The zero-order valence-corrected chi connectivity index (χ0v) is 16.4. The summed E-state index contributed by atoms with van der Waals surface area (Å²) in [5.41, 5.74) is 2.23. The Morgan fingerprint density at radius 1 is 1.00 bits per heavy atom. The van der Waals surface area contributed by atoms with Crippen molar-refractivity contribution in [2.45, 2.75) is 12.4 Å². The zero-order valence-electron chi connectivity index (χ0n) is 14.8. The molecular formula is C19H20Cl2F3N3O. The molecule has 152 valence electrons. The van der Waals surface area contributed by atoms with Gasteiger partial charge in [-0.25, -0.2) is 0 Å². The standard InChI is InChI=1S/C19H18F3N3O.2ClH/c20-19(21,22)26-16-7-5-14(6-8-16)18(25-11-9-24-10-12-25)17-4-2-1-3-15(17)13-23;;/h1-8,18,24H,9-12H2;2*1H/t18-;;/m0../s1. The number of hydrogen-bond acceptors (Lipinski definition) is 4. The van der Waals surface area contributed by atoms with Crippen LogP contribution < -0.4 is 10.1 Å². The maximum atomic E-state index is 12.4. The predicted octanol–water partition coefficient (Wildman–Crippen LogP) is 4.30. The Morgan fingerprint density at radius 2 is 1.61 bits per heavy atom. The topological polar surface area (TPSA) is 48.3 Å². The monoisotopic (exact) mass is 433 g/mol. The Bertz CT molecular complexity index is 788. The van der Waals surface area contributed by atoms with E-state index in [9.17, 15) is 18.4 Å². The molecule has 4 nitrogen and oxygen atoms in total. The summed E-state index contributed by atoms with van der Waals surface area (Å²) < 4.78 is 41.1. The van der Waals surface area contributed by atoms with E-state index < -0.39 is 6.36 Å². The molecule has 0 saturated carbocycles. The van der Waals surface area contributed by atoms with Crippen LogP contribution in [-0.4, -0.2) is 37.4 Å². The summed E-state index contributed by atoms with van der Waals surface area (Å²) in [7, 11) is 0. The summed E-state index contributed by atoms with van der Waals surface area (Å²) >= 11 is 0. The third-order valence-electron chi connectivity index (χ3n) is 4.32. The van der Waals surface area contributed by atoms with Crippen molar-refractivity contribution in [3.05, 3.63) is 65.2 Å². The second kappa shape index (κ2) is 10.5. The first kappa shape index (κ1) is 24.1. The number of halogens is 5. The molecule has 2 aromatic rings. The van der Waals surface area contributed by atoms with Crippen LogP contribution in [0.5, 0.6) is 5.75 Å². The lowest BCUT2D eigenvalue weighted by molar-refractivity contribution is -0.274. The summed E-state index contributed by atoms with van der Waals surface area (Å²) in [6.07, 6.45) is -4.72. The zero-order chi connectivity index (χ0) is 18.6. The fraction of sp³-hybridized carbons (Fsp3) is 0.316. The molecule has 2 aromatic carbocycles. The van der Waals surface area contributed by atoms with Crippen molar-refractivity contribution >= 4 is 24.8 Å². The van der Waals surface area contributed by atoms with E-state index in [4.69, 9.17) is 0 Å². The maximum absolute atomic E-state index is 12.4. The van der Waals surface area contributed by atoms with Gasteiger partial charge >= 0.3 is 6.36 Å². The van der Waals surface area contributed by atoms with Crippen molar-refractivity contribution in [1.29, 1.82) is 5.26 Å². The number of alkyl halides is 3. The van der Waals surface area contributed by atoms with Gasteiger partial charge in [-0.2, -0.15) is 5.26 Å². The fourth-order valence-electron chi connectivity index (χ4n) is 3.22. The first-order valence-electron chi connectivity index (χ1n) is 8.27. The average Bonchev–Trinajstić information content (AvgIpc) is 2.63. The highest BCUT2D eigenvalue weighted by atomic mass is 35.5. The molecule has 1 atom stereocenters. The van der Waals surface area contributed by atoms with Gasteiger partial charge in [0.25, 0.3) is 0 Å². The van der Waals surface area contributed by atoms with Crippen molar-refractivity contribution in [3.8, 4) is 11.8 Å². The molecule has 0 radical (unpaired) electrons. The van der Waals surface area contributed by atoms with E-state index in [-0.39, 0.29) is 36.6 Å². The van der Waals surface area contributed by atoms with Gasteiger partial charge < -0.3 is 10.1 Å². The third kappa shape index (κ3) is 6.01. The van der Waals surface area contributed by atoms with Gasteiger partial charge in [-0.1, -0.05) is 30.3 Å². The number of rotatable bonds is 4. The Labute approximate surface area is 174 Å². The Kier molecular flexibility index (Phi) is 9.05. The van der Waals surface area contributed by atoms with Crippen LogP contribution in [0.25, 0.3) is 0 Å². The van der Waals surface area contributed by atoms with Crippen molar-refractivity contribution < 1.29 is 17.9 Å².